The van der Waals surface area contributed by atoms with Gasteiger partial charge >= 0.3 is 0 Å². The molecule has 4 rings (SSSR count). The minimum absolute atomic E-state index is 0.132. The molecule has 0 spiro atoms. The number of fused-ring (bicyclic) bond motifs is 1. The van der Waals surface area contributed by atoms with Crippen molar-refractivity contribution in [3.05, 3.63) is 77.4 Å². The Morgan fingerprint density at radius 3 is 2.57 bits per heavy atom. The van der Waals surface area contributed by atoms with Gasteiger partial charge in [0, 0.05) is 16.9 Å². The molecule has 0 fully saturated rings. The lowest BCUT2D eigenvalue weighted by Crippen LogP contribution is -2.43. The summed E-state index contributed by atoms with van der Waals surface area (Å²) in [7, 11) is 1.41. The second-order valence-electron chi connectivity index (χ2n) is 6.70. The van der Waals surface area contributed by atoms with Crippen LogP contribution in [-0.4, -0.2) is 23.2 Å². The quantitative estimate of drug-likeness (QED) is 0.597. The number of rotatable bonds is 3. The van der Waals surface area contributed by atoms with E-state index in [0.29, 0.717) is 16.8 Å². The van der Waals surface area contributed by atoms with Crippen LogP contribution >= 0.6 is 0 Å². The fraction of sp³-hybridized carbons (Fsp3) is 0.136. The summed E-state index contributed by atoms with van der Waals surface area (Å²) in [6.45, 7) is 1.96. The first-order valence-corrected chi connectivity index (χ1v) is 8.85. The molecule has 142 valence electrons. The Morgan fingerprint density at radius 2 is 1.82 bits per heavy atom. The Bertz CT molecular complexity index is 1060. The number of methoxy groups -OCH3 is 1. The number of para-hydroxylation sites is 1. The molecule has 28 heavy (non-hydrogen) atoms. The molecule has 1 atom stereocenters. The first-order chi connectivity index (χ1) is 13.5. The normalized spacial score (nSPS) is 15.7. The van der Waals surface area contributed by atoms with E-state index < -0.39 is 6.17 Å². The Hall–Kier alpha value is -3.67. The first-order valence-electron chi connectivity index (χ1n) is 8.85. The van der Waals surface area contributed by atoms with Gasteiger partial charge in [0.05, 0.1) is 12.7 Å². The molecule has 1 amide bonds. The van der Waals surface area contributed by atoms with Crippen molar-refractivity contribution < 1.29 is 19.7 Å². The van der Waals surface area contributed by atoms with Crippen LogP contribution in [0.15, 0.2) is 60.7 Å². The Labute approximate surface area is 162 Å². The molecule has 0 bridgehead atoms. The zero-order valence-corrected chi connectivity index (χ0v) is 15.5. The van der Waals surface area contributed by atoms with E-state index >= 15 is 0 Å². The minimum Gasteiger partial charge on any atom is -0.504 e. The SMILES string of the molecule is COc1cc([C@H]2Nc3ccccc3C(=O)N2c2cccc(C)c2)cc(O)c1O. The number of carbonyl (C=O) groups excluding carboxylic acids is 1. The Kier molecular flexibility index (Phi) is 4.31. The van der Waals surface area contributed by atoms with Crippen LogP contribution in [0.2, 0.25) is 0 Å². The number of hydrogen-bond acceptors (Lipinski definition) is 5. The number of anilines is 2. The number of nitrogens with one attached hydrogen (secondary N) is 1. The van der Waals surface area contributed by atoms with Gasteiger partial charge in [0.2, 0.25) is 5.75 Å². The van der Waals surface area contributed by atoms with Gasteiger partial charge in [-0.15, -0.1) is 0 Å². The molecule has 0 saturated heterocycles. The van der Waals surface area contributed by atoms with Crippen molar-refractivity contribution >= 4 is 17.3 Å². The average molecular weight is 376 g/mol. The monoisotopic (exact) mass is 376 g/mol. The highest BCUT2D eigenvalue weighted by Gasteiger charge is 2.34. The van der Waals surface area contributed by atoms with Crippen LogP contribution in [0, 0.1) is 6.92 Å². The van der Waals surface area contributed by atoms with Gasteiger partial charge in [-0.05, 0) is 48.9 Å². The van der Waals surface area contributed by atoms with Crippen LogP contribution in [0.3, 0.4) is 0 Å². The van der Waals surface area contributed by atoms with Crippen molar-refractivity contribution in [3.8, 4) is 17.2 Å². The summed E-state index contributed by atoms with van der Waals surface area (Å²) >= 11 is 0. The zero-order valence-electron chi connectivity index (χ0n) is 15.5. The maximum absolute atomic E-state index is 13.4. The summed E-state index contributed by atoms with van der Waals surface area (Å²) in [4.78, 5) is 15.0. The van der Waals surface area contributed by atoms with Crippen molar-refractivity contribution in [3.63, 3.8) is 0 Å². The van der Waals surface area contributed by atoms with Gasteiger partial charge in [0.25, 0.3) is 5.91 Å². The summed E-state index contributed by atoms with van der Waals surface area (Å²) in [5.41, 5.74) is 3.59. The molecular formula is C22H20N2O4. The Balaban J connectivity index is 1.90. The van der Waals surface area contributed by atoms with Crippen molar-refractivity contribution in [2.75, 3.05) is 17.3 Å². The maximum atomic E-state index is 13.4. The predicted molar refractivity (Wildman–Crippen MR) is 107 cm³/mol. The topological polar surface area (TPSA) is 82.0 Å². The molecule has 0 saturated carbocycles. The van der Waals surface area contributed by atoms with Gasteiger partial charge in [-0.3, -0.25) is 9.69 Å². The molecule has 1 aliphatic rings. The third-order valence-electron chi connectivity index (χ3n) is 4.82. The summed E-state index contributed by atoms with van der Waals surface area (Å²) in [5, 5.41) is 23.5. The number of ether oxygens (including phenoxy) is 1. The van der Waals surface area contributed by atoms with Gasteiger partial charge in [-0.1, -0.05) is 24.3 Å². The molecule has 0 radical (unpaired) electrons. The molecule has 6 heteroatoms. The smallest absolute Gasteiger partial charge is 0.262 e. The number of aryl methyl sites for hydroxylation is 1. The van der Waals surface area contributed by atoms with Crippen molar-refractivity contribution in [1.29, 1.82) is 0 Å². The average Bonchev–Trinajstić information content (AvgIpc) is 2.70. The zero-order chi connectivity index (χ0) is 19.8. The van der Waals surface area contributed by atoms with Crippen LogP contribution < -0.4 is 15.0 Å². The van der Waals surface area contributed by atoms with E-state index in [1.54, 1.807) is 17.0 Å². The lowest BCUT2D eigenvalue weighted by Gasteiger charge is -2.38. The summed E-state index contributed by atoms with van der Waals surface area (Å²) < 4.78 is 5.17. The molecular weight excluding hydrogens is 356 g/mol. The summed E-state index contributed by atoms with van der Waals surface area (Å²) in [5.74, 6) is -0.675. The van der Waals surface area contributed by atoms with E-state index in [4.69, 9.17) is 4.74 Å². The summed E-state index contributed by atoms with van der Waals surface area (Å²) in [6, 6.07) is 18.0. The van der Waals surface area contributed by atoms with Crippen molar-refractivity contribution in [1.82, 2.24) is 0 Å². The molecule has 1 aliphatic heterocycles. The number of hydrogen-bond donors (Lipinski definition) is 3. The second kappa shape index (κ2) is 6.81. The number of aromatic hydroxyl groups is 2. The van der Waals surface area contributed by atoms with Crippen LogP contribution in [-0.2, 0) is 0 Å². The number of benzene rings is 3. The molecule has 0 aromatic heterocycles. The van der Waals surface area contributed by atoms with Crippen molar-refractivity contribution in [2.45, 2.75) is 13.1 Å². The lowest BCUT2D eigenvalue weighted by atomic mass is 10.0. The van der Waals surface area contributed by atoms with Crippen LogP contribution in [0.1, 0.15) is 27.7 Å². The molecule has 1 heterocycles. The fourth-order valence-corrected chi connectivity index (χ4v) is 3.46. The lowest BCUT2D eigenvalue weighted by molar-refractivity contribution is 0.0975. The molecule has 0 unspecified atom stereocenters. The predicted octanol–water partition coefficient (Wildman–Crippen LogP) is 4.19. The fourth-order valence-electron chi connectivity index (χ4n) is 3.46. The molecule has 6 nitrogen and oxygen atoms in total. The standard InChI is InChI=1S/C22H20N2O4/c1-13-6-5-7-15(10-13)24-21(14-11-18(25)20(26)19(12-14)28-2)23-17-9-4-3-8-16(17)22(24)27/h3-12,21,23,25-26H,1-2H3/t21-/m0/s1. The van der Waals surface area contributed by atoms with Gasteiger partial charge in [-0.25, -0.2) is 0 Å². The maximum Gasteiger partial charge on any atom is 0.262 e. The number of amides is 1. The van der Waals surface area contributed by atoms with Gasteiger partial charge in [-0.2, -0.15) is 0 Å². The second-order valence-corrected chi connectivity index (χ2v) is 6.70. The van der Waals surface area contributed by atoms with E-state index in [0.717, 1.165) is 11.3 Å². The van der Waals surface area contributed by atoms with E-state index in [1.807, 2.05) is 49.4 Å². The van der Waals surface area contributed by atoms with Gasteiger partial charge in [0.1, 0.15) is 6.17 Å². The van der Waals surface area contributed by atoms with E-state index in [1.165, 1.54) is 13.2 Å². The van der Waals surface area contributed by atoms with E-state index in [2.05, 4.69) is 5.32 Å². The largest absolute Gasteiger partial charge is 0.504 e. The van der Waals surface area contributed by atoms with Crippen molar-refractivity contribution in [2.24, 2.45) is 0 Å². The number of carbonyl (C=O) groups is 1. The van der Waals surface area contributed by atoms with Crippen LogP contribution in [0.4, 0.5) is 11.4 Å². The number of nitrogens with zero attached hydrogens (tertiary/aromatic N) is 1. The van der Waals surface area contributed by atoms with Crippen LogP contribution in [0.5, 0.6) is 17.2 Å². The third kappa shape index (κ3) is 2.89. The van der Waals surface area contributed by atoms with E-state index in [9.17, 15) is 15.0 Å². The van der Waals surface area contributed by atoms with Gasteiger partial charge in [0.15, 0.2) is 11.5 Å². The Morgan fingerprint density at radius 1 is 1.04 bits per heavy atom. The molecule has 3 aromatic carbocycles. The first kappa shape index (κ1) is 17.7. The molecule has 0 aliphatic carbocycles. The minimum atomic E-state index is -0.593. The number of phenols is 2. The highest BCUT2D eigenvalue weighted by molar-refractivity contribution is 6.12. The number of phenolic OH excluding ortho intramolecular Hbond substituents is 2. The molecule has 3 N–H and O–H groups in total. The highest BCUT2D eigenvalue weighted by atomic mass is 16.5. The third-order valence-corrected chi connectivity index (χ3v) is 4.82. The summed E-state index contributed by atoms with van der Waals surface area (Å²) in [6.07, 6.45) is -0.593. The highest BCUT2D eigenvalue weighted by Crippen LogP contribution is 2.42. The van der Waals surface area contributed by atoms with Crippen LogP contribution in [0.25, 0.3) is 0 Å². The van der Waals surface area contributed by atoms with Gasteiger partial charge < -0.3 is 20.3 Å². The van der Waals surface area contributed by atoms with E-state index in [-0.39, 0.29) is 23.2 Å². The molecule has 3 aromatic rings.